The summed E-state index contributed by atoms with van der Waals surface area (Å²) >= 11 is 0. The van der Waals surface area contributed by atoms with Crippen molar-refractivity contribution in [3.8, 4) is 0 Å². The fraction of sp³-hybridized carbons (Fsp3) is 0.867. The van der Waals surface area contributed by atoms with Crippen molar-refractivity contribution >= 4 is 0 Å². The van der Waals surface area contributed by atoms with E-state index in [9.17, 15) is 0 Å². The largest absolute Gasteiger partial charge is 0.313 e. The molecule has 1 saturated heterocycles. The molecule has 1 atom stereocenters. The Kier molecular flexibility index (Phi) is 5.54. The fourth-order valence-corrected chi connectivity index (χ4v) is 2.82. The van der Waals surface area contributed by atoms with Crippen LogP contribution in [0.4, 0.5) is 0 Å². The number of hydrogen-bond donors (Lipinski definition) is 1. The van der Waals surface area contributed by atoms with Crippen LogP contribution in [0.2, 0.25) is 0 Å². The van der Waals surface area contributed by atoms with Gasteiger partial charge in [0.1, 0.15) is 12.2 Å². The molecular formula is C15H29N5. The zero-order chi connectivity index (χ0) is 14.5. The average Bonchev–Trinajstić information content (AvgIpc) is 2.87. The molecule has 1 aliphatic rings. The van der Waals surface area contributed by atoms with E-state index < -0.39 is 0 Å². The van der Waals surface area contributed by atoms with Crippen LogP contribution in [0.5, 0.6) is 0 Å². The maximum atomic E-state index is 4.44. The molecule has 1 N–H and O–H groups in total. The van der Waals surface area contributed by atoms with Crippen LogP contribution >= 0.6 is 0 Å². The van der Waals surface area contributed by atoms with Crippen LogP contribution in [0.3, 0.4) is 0 Å². The van der Waals surface area contributed by atoms with Gasteiger partial charge in [0.25, 0.3) is 0 Å². The van der Waals surface area contributed by atoms with Crippen LogP contribution in [-0.2, 0) is 6.54 Å². The van der Waals surface area contributed by atoms with Crippen molar-refractivity contribution in [3.63, 3.8) is 0 Å². The summed E-state index contributed by atoms with van der Waals surface area (Å²) in [7, 11) is 0. The van der Waals surface area contributed by atoms with Gasteiger partial charge >= 0.3 is 0 Å². The molecule has 1 aliphatic heterocycles. The normalized spacial score (nSPS) is 20.2. The molecule has 2 rings (SSSR count). The summed E-state index contributed by atoms with van der Waals surface area (Å²) in [4.78, 5) is 6.95. The predicted octanol–water partition coefficient (Wildman–Crippen LogP) is 2.21. The minimum atomic E-state index is 0.370. The smallest absolute Gasteiger partial charge is 0.141 e. The highest BCUT2D eigenvalue weighted by atomic mass is 15.4. The second kappa shape index (κ2) is 7.18. The molecule has 0 radical (unpaired) electrons. The molecule has 0 aliphatic carbocycles. The number of nitrogens with one attached hydrogen (secondary N) is 1. The molecule has 1 aromatic heterocycles. The van der Waals surface area contributed by atoms with Gasteiger partial charge in [-0.05, 0) is 47.1 Å². The lowest BCUT2D eigenvalue weighted by atomic mass is 10.0. The van der Waals surface area contributed by atoms with E-state index >= 15 is 0 Å². The lowest BCUT2D eigenvalue weighted by Crippen LogP contribution is -2.45. The summed E-state index contributed by atoms with van der Waals surface area (Å²) < 4.78 is 2.03. The Hall–Kier alpha value is -0.940. The van der Waals surface area contributed by atoms with Gasteiger partial charge in [-0.2, -0.15) is 5.10 Å². The van der Waals surface area contributed by atoms with Crippen LogP contribution < -0.4 is 5.32 Å². The second-order valence-corrected chi connectivity index (χ2v) is 6.38. The van der Waals surface area contributed by atoms with E-state index in [1.165, 1.54) is 25.8 Å². The Bertz CT molecular complexity index is 393. The molecule has 0 bridgehead atoms. The van der Waals surface area contributed by atoms with Crippen molar-refractivity contribution in [2.45, 2.75) is 71.6 Å². The summed E-state index contributed by atoms with van der Waals surface area (Å²) in [5.41, 5.74) is 0. The van der Waals surface area contributed by atoms with Gasteiger partial charge in [-0.1, -0.05) is 6.42 Å². The van der Waals surface area contributed by atoms with E-state index in [1.807, 2.05) is 4.68 Å². The van der Waals surface area contributed by atoms with Crippen LogP contribution in [0.15, 0.2) is 6.33 Å². The van der Waals surface area contributed by atoms with Gasteiger partial charge in [-0.15, -0.1) is 0 Å². The van der Waals surface area contributed by atoms with E-state index in [0.29, 0.717) is 18.1 Å². The summed E-state index contributed by atoms with van der Waals surface area (Å²) in [6.45, 7) is 12.0. The molecule has 114 valence electrons. The molecule has 1 fully saturated rings. The minimum absolute atomic E-state index is 0.370. The van der Waals surface area contributed by atoms with Crippen molar-refractivity contribution in [2.75, 3.05) is 13.1 Å². The van der Waals surface area contributed by atoms with E-state index in [0.717, 1.165) is 18.9 Å². The number of rotatable bonds is 6. The third kappa shape index (κ3) is 4.03. The highest BCUT2D eigenvalue weighted by molar-refractivity contribution is 4.89. The topological polar surface area (TPSA) is 46.0 Å². The van der Waals surface area contributed by atoms with Gasteiger partial charge in [0.05, 0.1) is 6.54 Å². The first-order valence-corrected chi connectivity index (χ1v) is 7.93. The first-order valence-electron chi connectivity index (χ1n) is 7.93. The van der Waals surface area contributed by atoms with Gasteiger partial charge in [-0.3, -0.25) is 4.90 Å². The molecule has 5 nitrogen and oxygen atoms in total. The van der Waals surface area contributed by atoms with Crippen LogP contribution in [0.25, 0.3) is 0 Å². The Balaban J connectivity index is 1.99. The molecule has 0 spiro atoms. The zero-order valence-electron chi connectivity index (χ0n) is 13.3. The number of hydrogen-bond acceptors (Lipinski definition) is 4. The SMILES string of the molecule is CC(C)N(Cc1ncnn1C(C)C)CC1CCCCN1. The summed E-state index contributed by atoms with van der Waals surface area (Å²) in [6.07, 6.45) is 5.64. The number of nitrogens with zero attached hydrogens (tertiary/aromatic N) is 4. The van der Waals surface area contributed by atoms with Crippen LogP contribution in [0, 0.1) is 0 Å². The Labute approximate surface area is 122 Å². The molecule has 5 heteroatoms. The van der Waals surface area contributed by atoms with Crippen molar-refractivity contribution < 1.29 is 0 Å². The highest BCUT2D eigenvalue weighted by Gasteiger charge is 2.20. The lowest BCUT2D eigenvalue weighted by Gasteiger charge is -2.33. The summed E-state index contributed by atoms with van der Waals surface area (Å²) in [5, 5.41) is 7.98. The fourth-order valence-electron chi connectivity index (χ4n) is 2.82. The van der Waals surface area contributed by atoms with Crippen molar-refractivity contribution in [3.05, 3.63) is 12.2 Å². The molecule has 1 aromatic rings. The van der Waals surface area contributed by atoms with Gasteiger partial charge in [-0.25, -0.2) is 9.67 Å². The minimum Gasteiger partial charge on any atom is -0.313 e. The Morgan fingerprint density at radius 1 is 1.35 bits per heavy atom. The maximum Gasteiger partial charge on any atom is 0.141 e. The van der Waals surface area contributed by atoms with Crippen molar-refractivity contribution in [2.24, 2.45) is 0 Å². The summed E-state index contributed by atoms with van der Waals surface area (Å²) in [6, 6.07) is 1.52. The van der Waals surface area contributed by atoms with Crippen LogP contribution in [0.1, 0.15) is 58.8 Å². The lowest BCUT2D eigenvalue weighted by molar-refractivity contribution is 0.169. The Morgan fingerprint density at radius 3 is 2.75 bits per heavy atom. The molecule has 0 amide bonds. The van der Waals surface area contributed by atoms with E-state index in [1.54, 1.807) is 6.33 Å². The number of piperidine rings is 1. The Morgan fingerprint density at radius 2 is 2.15 bits per heavy atom. The van der Waals surface area contributed by atoms with Gasteiger partial charge < -0.3 is 5.32 Å². The molecule has 0 aromatic carbocycles. The number of aromatic nitrogens is 3. The maximum absolute atomic E-state index is 4.44. The molecule has 2 heterocycles. The standard InChI is InChI=1S/C15H29N5/c1-12(2)19(9-14-7-5-6-8-16-14)10-15-17-11-18-20(15)13(3)4/h11-14,16H,5-10H2,1-4H3. The molecule has 0 saturated carbocycles. The van der Waals surface area contributed by atoms with E-state index in [-0.39, 0.29) is 0 Å². The monoisotopic (exact) mass is 279 g/mol. The van der Waals surface area contributed by atoms with Gasteiger partial charge in [0.15, 0.2) is 0 Å². The first kappa shape index (κ1) is 15.4. The molecule has 1 unspecified atom stereocenters. The van der Waals surface area contributed by atoms with Crippen LogP contribution in [-0.4, -0.2) is 44.8 Å². The third-order valence-corrected chi connectivity index (χ3v) is 4.08. The first-order chi connectivity index (χ1) is 9.58. The molecule has 20 heavy (non-hydrogen) atoms. The van der Waals surface area contributed by atoms with Crippen molar-refractivity contribution in [1.82, 2.24) is 25.0 Å². The van der Waals surface area contributed by atoms with Gasteiger partial charge in [0, 0.05) is 24.7 Å². The summed E-state index contributed by atoms with van der Waals surface area (Å²) in [5.74, 6) is 1.07. The van der Waals surface area contributed by atoms with Crippen molar-refractivity contribution in [1.29, 1.82) is 0 Å². The highest BCUT2D eigenvalue weighted by Crippen LogP contribution is 2.14. The third-order valence-electron chi connectivity index (χ3n) is 4.08. The second-order valence-electron chi connectivity index (χ2n) is 6.38. The predicted molar refractivity (Wildman–Crippen MR) is 81.6 cm³/mol. The van der Waals surface area contributed by atoms with E-state index in [2.05, 4.69) is 48.0 Å². The zero-order valence-corrected chi connectivity index (χ0v) is 13.3. The average molecular weight is 279 g/mol. The molecular weight excluding hydrogens is 250 g/mol. The van der Waals surface area contributed by atoms with E-state index in [4.69, 9.17) is 0 Å². The quantitative estimate of drug-likeness (QED) is 0.867. The van der Waals surface area contributed by atoms with Gasteiger partial charge in [0.2, 0.25) is 0 Å².